The van der Waals surface area contributed by atoms with Crippen molar-refractivity contribution < 1.29 is 14.3 Å². The van der Waals surface area contributed by atoms with E-state index < -0.39 is 0 Å². The van der Waals surface area contributed by atoms with Crippen LogP contribution < -0.4 is 20.1 Å². The van der Waals surface area contributed by atoms with Gasteiger partial charge in [0.25, 0.3) is 0 Å². The third-order valence-electron chi connectivity index (χ3n) is 3.21. The molecular formula is C19H24N2O3. The number of benzene rings is 2. The summed E-state index contributed by atoms with van der Waals surface area (Å²) in [5.41, 5.74) is 1.59. The first kappa shape index (κ1) is 17.7. The van der Waals surface area contributed by atoms with Gasteiger partial charge >= 0.3 is 0 Å². The molecule has 0 bridgehead atoms. The van der Waals surface area contributed by atoms with Gasteiger partial charge in [-0.3, -0.25) is 4.79 Å². The van der Waals surface area contributed by atoms with Crippen LogP contribution in [0.4, 0.5) is 11.4 Å². The van der Waals surface area contributed by atoms with Crippen molar-refractivity contribution in [3.63, 3.8) is 0 Å². The maximum absolute atomic E-state index is 12.0. The lowest BCUT2D eigenvalue weighted by Crippen LogP contribution is -2.21. The Balaban J connectivity index is 1.82. The third-order valence-corrected chi connectivity index (χ3v) is 3.21. The van der Waals surface area contributed by atoms with Crippen LogP contribution in [0.25, 0.3) is 0 Å². The number of rotatable bonds is 9. The summed E-state index contributed by atoms with van der Waals surface area (Å²) in [6.45, 7) is 5.49. The van der Waals surface area contributed by atoms with E-state index in [0.717, 1.165) is 29.3 Å². The molecule has 0 radical (unpaired) electrons. The lowest BCUT2D eigenvalue weighted by atomic mass is 10.3. The van der Waals surface area contributed by atoms with Gasteiger partial charge in [0.05, 0.1) is 19.8 Å². The van der Waals surface area contributed by atoms with Gasteiger partial charge in [-0.2, -0.15) is 0 Å². The molecule has 2 aromatic carbocycles. The van der Waals surface area contributed by atoms with Crippen molar-refractivity contribution in [1.82, 2.24) is 0 Å². The summed E-state index contributed by atoms with van der Waals surface area (Å²) in [6, 6.07) is 14.9. The second-order valence-corrected chi connectivity index (χ2v) is 5.24. The predicted molar refractivity (Wildman–Crippen MR) is 97.0 cm³/mol. The SMILES string of the molecule is CCCOc1cccc(NCC(=O)Nc2ccc(OCC)cc2)c1. The standard InChI is InChI=1S/C19H24N2O3/c1-3-12-24-18-7-5-6-16(13-18)20-14-19(22)21-15-8-10-17(11-9-15)23-4-2/h5-11,13,20H,3-4,12,14H2,1-2H3,(H,21,22). The van der Waals surface area contributed by atoms with E-state index in [0.29, 0.717) is 13.2 Å². The number of nitrogens with one attached hydrogen (secondary N) is 2. The molecule has 2 N–H and O–H groups in total. The Bertz CT molecular complexity index is 641. The molecular weight excluding hydrogens is 304 g/mol. The van der Waals surface area contributed by atoms with E-state index in [-0.39, 0.29) is 12.5 Å². The maximum atomic E-state index is 12.0. The highest BCUT2D eigenvalue weighted by Crippen LogP contribution is 2.18. The topological polar surface area (TPSA) is 59.6 Å². The molecule has 0 saturated carbocycles. The third kappa shape index (κ3) is 5.83. The first-order valence-electron chi connectivity index (χ1n) is 8.20. The minimum atomic E-state index is -0.112. The van der Waals surface area contributed by atoms with Crippen molar-refractivity contribution in [2.24, 2.45) is 0 Å². The lowest BCUT2D eigenvalue weighted by molar-refractivity contribution is -0.114. The Hall–Kier alpha value is -2.69. The Morgan fingerprint density at radius 3 is 2.46 bits per heavy atom. The molecule has 2 aromatic rings. The van der Waals surface area contributed by atoms with Crippen molar-refractivity contribution in [1.29, 1.82) is 0 Å². The van der Waals surface area contributed by atoms with Crippen LogP contribution >= 0.6 is 0 Å². The van der Waals surface area contributed by atoms with Gasteiger partial charge in [-0.25, -0.2) is 0 Å². The van der Waals surface area contributed by atoms with E-state index in [2.05, 4.69) is 17.6 Å². The number of carbonyl (C=O) groups excluding carboxylic acids is 1. The summed E-state index contributed by atoms with van der Waals surface area (Å²) in [4.78, 5) is 12.0. The number of hydrogen-bond acceptors (Lipinski definition) is 4. The van der Waals surface area contributed by atoms with Gasteiger partial charge in [0.2, 0.25) is 5.91 Å². The quantitative estimate of drug-likeness (QED) is 0.732. The lowest BCUT2D eigenvalue weighted by Gasteiger charge is -2.10. The monoisotopic (exact) mass is 328 g/mol. The van der Waals surface area contributed by atoms with Crippen molar-refractivity contribution in [3.8, 4) is 11.5 Å². The number of anilines is 2. The minimum Gasteiger partial charge on any atom is -0.494 e. The smallest absolute Gasteiger partial charge is 0.243 e. The van der Waals surface area contributed by atoms with E-state index in [4.69, 9.17) is 9.47 Å². The summed E-state index contributed by atoms with van der Waals surface area (Å²) in [7, 11) is 0. The molecule has 5 nitrogen and oxygen atoms in total. The second-order valence-electron chi connectivity index (χ2n) is 5.24. The summed E-state index contributed by atoms with van der Waals surface area (Å²) in [5.74, 6) is 1.48. The second kappa shape index (κ2) is 9.45. The highest BCUT2D eigenvalue weighted by Gasteiger charge is 2.03. The predicted octanol–water partition coefficient (Wildman–Crippen LogP) is 3.92. The van der Waals surface area contributed by atoms with E-state index in [1.807, 2.05) is 55.5 Å². The molecule has 0 aliphatic carbocycles. The van der Waals surface area contributed by atoms with Crippen molar-refractivity contribution in [2.45, 2.75) is 20.3 Å². The molecule has 0 atom stereocenters. The van der Waals surface area contributed by atoms with Gasteiger partial charge in [-0.15, -0.1) is 0 Å². The first-order valence-corrected chi connectivity index (χ1v) is 8.20. The summed E-state index contributed by atoms with van der Waals surface area (Å²) >= 11 is 0. The Morgan fingerprint density at radius 1 is 0.958 bits per heavy atom. The van der Waals surface area contributed by atoms with Gasteiger partial charge in [0, 0.05) is 17.4 Å². The zero-order chi connectivity index (χ0) is 17.2. The van der Waals surface area contributed by atoms with Gasteiger partial charge in [0.1, 0.15) is 11.5 Å². The van der Waals surface area contributed by atoms with Crippen molar-refractivity contribution in [3.05, 3.63) is 48.5 Å². The Labute approximate surface area is 143 Å². The van der Waals surface area contributed by atoms with E-state index >= 15 is 0 Å². The molecule has 0 aromatic heterocycles. The molecule has 0 saturated heterocycles. The van der Waals surface area contributed by atoms with Crippen LogP contribution in [-0.4, -0.2) is 25.7 Å². The average molecular weight is 328 g/mol. The van der Waals surface area contributed by atoms with Crippen LogP contribution in [0.3, 0.4) is 0 Å². The molecule has 0 unspecified atom stereocenters. The molecule has 128 valence electrons. The Kier molecular flexibility index (Phi) is 6.95. The molecule has 1 amide bonds. The highest BCUT2D eigenvalue weighted by atomic mass is 16.5. The molecule has 24 heavy (non-hydrogen) atoms. The fourth-order valence-corrected chi connectivity index (χ4v) is 2.10. The van der Waals surface area contributed by atoms with Crippen LogP contribution in [0.2, 0.25) is 0 Å². The summed E-state index contributed by atoms with van der Waals surface area (Å²) in [5, 5.41) is 5.94. The molecule has 0 aliphatic heterocycles. The van der Waals surface area contributed by atoms with Crippen LogP contribution in [0, 0.1) is 0 Å². The molecule has 0 aliphatic rings. The van der Waals surface area contributed by atoms with Crippen LogP contribution in [0.1, 0.15) is 20.3 Å². The molecule has 2 rings (SSSR count). The zero-order valence-corrected chi connectivity index (χ0v) is 14.2. The van der Waals surface area contributed by atoms with Crippen molar-refractivity contribution in [2.75, 3.05) is 30.4 Å². The summed E-state index contributed by atoms with van der Waals surface area (Å²) in [6.07, 6.45) is 0.960. The normalized spacial score (nSPS) is 10.1. The van der Waals surface area contributed by atoms with Crippen LogP contribution in [0.15, 0.2) is 48.5 Å². The number of hydrogen-bond donors (Lipinski definition) is 2. The van der Waals surface area contributed by atoms with Crippen LogP contribution in [-0.2, 0) is 4.79 Å². The van der Waals surface area contributed by atoms with Gasteiger partial charge < -0.3 is 20.1 Å². The highest BCUT2D eigenvalue weighted by molar-refractivity contribution is 5.93. The van der Waals surface area contributed by atoms with E-state index in [1.54, 1.807) is 0 Å². The first-order chi connectivity index (χ1) is 11.7. The van der Waals surface area contributed by atoms with Gasteiger partial charge in [-0.1, -0.05) is 13.0 Å². The number of carbonyl (C=O) groups is 1. The maximum Gasteiger partial charge on any atom is 0.243 e. The van der Waals surface area contributed by atoms with Crippen LogP contribution in [0.5, 0.6) is 11.5 Å². The average Bonchev–Trinajstić information content (AvgIpc) is 2.60. The van der Waals surface area contributed by atoms with Gasteiger partial charge in [-0.05, 0) is 49.7 Å². The summed E-state index contributed by atoms with van der Waals surface area (Å²) < 4.78 is 11.0. The fraction of sp³-hybridized carbons (Fsp3) is 0.316. The molecule has 0 spiro atoms. The molecule has 5 heteroatoms. The fourth-order valence-electron chi connectivity index (χ4n) is 2.10. The van der Waals surface area contributed by atoms with E-state index in [9.17, 15) is 4.79 Å². The number of amides is 1. The number of ether oxygens (including phenoxy) is 2. The van der Waals surface area contributed by atoms with Gasteiger partial charge in [0.15, 0.2) is 0 Å². The van der Waals surface area contributed by atoms with Crippen molar-refractivity contribution >= 4 is 17.3 Å². The van der Waals surface area contributed by atoms with E-state index in [1.165, 1.54) is 0 Å². The molecule has 0 fully saturated rings. The Morgan fingerprint density at radius 2 is 1.75 bits per heavy atom. The molecule has 0 heterocycles. The largest absolute Gasteiger partial charge is 0.494 e. The zero-order valence-electron chi connectivity index (χ0n) is 14.2. The minimum absolute atomic E-state index is 0.112.